The molecule has 0 aliphatic carbocycles. The Morgan fingerprint density at radius 2 is 1.90 bits per heavy atom. The van der Waals surface area contributed by atoms with Crippen molar-refractivity contribution in [1.82, 2.24) is 30.0 Å². The summed E-state index contributed by atoms with van der Waals surface area (Å²) < 4.78 is 20.3. The fourth-order valence-electron chi connectivity index (χ4n) is 3.11. The Hall–Kier alpha value is -4.28. The number of hydrogen-bond acceptors (Lipinski definition) is 8. The summed E-state index contributed by atoms with van der Waals surface area (Å²) in [4.78, 5) is 24.3. The van der Waals surface area contributed by atoms with Gasteiger partial charge < -0.3 is 21.5 Å². The van der Waals surface area contributed by atoms with Gasteiger partial charge in [-0.3, -0.25) is 9.67 Å². The molecular weight excluding hydrogens is 403 g/mol. The molecule has 158 valence electrons. The van der Waals surface area contributed by atoms with Gasteiger partial charge in [0.2, 0.25) is 0 Å². The second-order valence-corrected chi connectivity index (χ2v) is 6.61. The van der Waals surface area contributed by atoms with Crippen molar-refractivity contribution < 1.29 is 13.9 Å². The lowest BCUT2D eigenvalue weighted by Gasteiger charge is -2.10. The molecule has 31 heavy (non-hydrogen) atoms. The molecule has 0 saturated carbocycles. The Morgan fingerprint density at radius 3 is 2.61 bits per heavy atom. The molecular formula is C20H19FN8O2. The van der Waals surface area contributed by atoms with E-state index in [1.54, 1.807) is 35.1 Å². The van der Waals surface area contributed by atoms with Crippen molar-refractivity contribution in [3.63, 3.8) is 0 Å². The monoisotopic (exact) mass is 422 g/mol. The molecule has 3 heterocycles. The highest BCUT2D eigenvalue weighted by molar-refractivity contribution is 5.88. The molecule has 0 saturated heterocycles. The van der Waals surface area contributed by atoms with E-state index in [1.807, 2.05) is 6.07 Å². The molecule has 4 aromatic rings. The van der Waals surface area contributed by atoms with E-state index in [4.69, 9.17) is 11.5 Å². The van der Waals surface area contributed by atoms with Crippen molar-refractivity contribution in [3.05, 3.63) is 59.5 Å². The van der Waals surface area contributed by atoms with E-state index in [9.17, 15) is 9.18 Å². The van der Waals surface area contributed by atoms with Crippen LogP contribution in [0.3, 0.4) is 0 Å². The van der Waals surface area contributed by atoms with Crippen molar-refractivity contribution >= 4 is 28.8 Å². The van der Waals surface area contributed by atoms with Gasteiger partial charge in [0, 0.05) is 11.8 Å². The van der Waals surface area contributed by atoms with Crippen LogP contribution in [0.2, 0.25) is 0 Å². The van der Waals surface area contributed by atoms with Crippen LogP contribution < -0.4 is 16.8 Å². The van der Waals surface area contributed by atoms with Crippen LogP contribution in [0, 0.1) is 5.82 Å². The van der Waals surface area contributed by atoms with Crippen LogP contribution in [0.4, 0.5) is 20.8 Å². The van der Waals surface area contributed by atoms with Crippen LogP contribution in [-0.4, -0.2) is 37.9 Å². The number of nitrogens with two attached hydrogens (primary N) is 2. The average molecular weight is 422 g/mol. The van der Waals surface area contributed by atoms with E-state index in [2.05, 4.69) is 30.1 Å². The highest BCUT2D eigenvalue weighted by atomic mass is 19.1. The van der Waals surface area contributed by atoms with Gasteiger partial charge in [0.15, 0.2) is 11.5 Å². The van der Waals surface area contributed by atoms with Crippen LogP contribution in [0.15, 0.2) is 42.6 Å². The minimum Gasteiger partial charge on any atom is -0.453 e. The first kappa shape index (κ1) is 20.0. The number of nitrogens with one attached hydrogen (secondary N) is 1. The lowest BCUT2D eigenvalue weighted by atomic mass is 10.2. The minimum absolute atomic E-state index is 0.00530. The third kappa shape index (κ3) is 3.92. The molecule has 0 radical (unpaired) electrons. The quantitative estimate of drug-likeness (QED) is 0.443. The summed E-state index contributed by atoms with van der Waals surface area (Å²) in [5.41, 5.74) is 14.5. The Kier molecular flexibility index (Phi) is 5.31. The number of hydrogen-bond donors (Lipinski definition) is 3. The number of alkyl carbamates (subject to hydrolysis) is 1. The SMILES string of the molecule is COC(=O)NCc1c(N)nc(-c2nn(Cc3ccccc3F)c3cccnc23)nc1N. The molecule has 5 N–H and O–H groups in total. The Labute approximate surface area is 176 Å². The Morgan fingerprint density at radius 1 is 1.16 bits per heavy atom. The molecule has 0 bridgehead atoms. The Balaban J connectivity index is 1.75. The van der Waals surface area contributed by atoms with Gasteiger partial charge in [0.05, 0.1) is 31.3 Å². The Bertz CT molecular complexity index is 1250. The van der Waals surface area contributed by atoms with Gasteiger partial charge in [0.1, 0.15) is 23.0 Å². The van der Waals surface area contributed by atoms with Gasteiger partial charge in [0.25, 0.3) is 0 Å². The molecule has 0 spiro atoms. The maximum absolute atomic E-state index is 14.2. The molecule has 0 atom stereocenters. The van der Waals surface area contributed by atoms with Crippen LogP contribution in [0.25, 0.3) is 22.6 Å². The molecule has 1 aromatic carbocycles. The van der Waals surface area contributed by atoms with E-state index in [0.717, 1.165) is 0 Å². The highest BCUT2D eigenvalue weighted by Crippen LogP contribution is 2.27. The fourth-order valence-corrected chi connectivity index (χ4v) is 3.11. The number of amides is 1. The number of methoxy groups -OCH3 is 1. The zero-order valence-corrected chi connectivity index (χ0v) is 16.5. The first-order valence-electron chi connectivity index (χ1n) is 9.27. The van der Waals surface area contributed by atoms with Gasteiger partial charge in [-0.1, -0.05) is 18.2 Å². The van der Waals surface area contributed by atoms with Crippen LogP contribution >= 0.6 is 0 Å². The number of nitrogen functional groups attached to an aromatic ring is 2. The molecule has 0 unspecified atom stereocenters. The van der Waals surface area contributed by atoms with E-state index in [-0.39, 0.29) is 36.4 Å². The normalized spacial score (nSPS) is 10.9. The maximum Gasteiger partial charge on any atom is 0.407 e. The van der Waals surface area contributed by atoms with Crippen molar-refractivity contribution in [3.8, 4) is 11.5 Å². The van der Waals surface area contributed by atoms with Gasteiger partial charge >= 0.3 is 6.09 Å². The van der Waals surface area contributed by atoms with Crippen molar-refractivity contribution in [2.24, 2.45) is 0 Å². The standard InChI is InChI=1S/C20H19FN8O2/c1-31-20(30)25-9-12-17(22)26-19(27-18(12)23)16-15-14(7-4-8-24-15)29(28-16)10-11-5-2-3-6-13(11)21/h2-8H,9-10H2,1H3,(H,25,30)(H4,22,23,26,27). The summed E-state index contributed by atoms with van der Waals surface area (Å²) in [6, 6.07) is 10.1. The van der Waals surface area contributed by atoms with E-state index in [1.165, 1.54) is 13.2 Å². The van der Waals surface area contributed by atoms with E-state index >= 15 is 0 Å². The second-order valence-electron chi connectivity index (χ2n) is 6.61. The third-order valence-corrected chi connectivity index (χ3v) is 4.67. The molecule has 10 nitrogen and oxygen atoms in total. The van der Waals surface area contributed by atoms with E-state index in [0.29, 0.717) is 27.9 Å². The number of pyridine rings is 1. The zero-order valence-electron chi connectivity index (χ0n) is 16.5. The van der Waals surface area contributed by atoms with Crippen molar-refractivity contribution in [1.29, 1.82) is 0 Å². The molecule has 4 rings (SSSR count). The predicted octanol–water partition coefficient (Wildman–Crippen LogP) is 2.10. The average Bonchev–Trinajstić information content (AvgIpc) is 3.13. The minimum atomic E-state index is -0.634. The van der Waals surface area contributed by atoms with Crippen molar-refractivity contribution in [2.45, 2.75) is 13.1 Å². The topological polar surface area (TPSA) is 147 Å². The molecule has 0 fully saturated rings. The van der Waals surface area contributed by atoms with Gasteiger partial charge in [-0.15, -0.1) is 0 Å². The van der Waals surface area contributed by atoms with Gasteiger partial charge in [-0.25, -0.2) is 19.2 Å². The number of carbonyl (C=O) groups is 1. The lowest BCUT2D eigenvalue weighted by Crippen LogP contribution is -2.24. The highest BCUT2D eigenvalue weighted by Gasteiger charge is 2.20. The van der Waals surface area contributed by atoms with Gasteiger partial charge in [-0.05, 0) is 18.2 Å². The molecule has 1 amide bonds. The number of fused-ring (bicyclic) bond motifs is 1. The predicted molar refractivity (Wildman–Crippen MR) is 112 cm³/mol. The summed E-state index contributed by atoms with van der Waals surface area (Å²) in [6.07, 6.45) is 0.979. The molecule has 0 aliphatic rings. The maximum atomic E-state index is 14.2. The number of halogens is 1. The smallest absolute Gasteiger partial charge is 0.407 e. The number of carbonyl (C=O) groups excluding carboxylic acids is 1. The first-order chi connectivity index (χ1) is 15.0. The van der Waals surface area contributed by atoms with Crippen LogP contribution in [0.1, 0.15) is 11.1 Å². The van der Waals surface area contributed by atoms with Crippen LogP contribution in [-0.2, 0) is 17.8 Å². The molecule has 11 heteroatoms. The van der Waals surface area contributed by atoms with Crippen LogP contribution in [0.5, 0.6) is 0 Å². The third-order valence-electron chi connectivity index (χ3n) is 4.67. The number of aromatic nitrogens is 5. The van der Waals surface area contributed by atoms with Crippen molar-refractivity contribution in [2.75, 3.05) is 18.6 Å². The van der Waals surface area contributed by atoms with Gasteiger partial charge in [-0.2, -0.15) is 5.10 Å². The number of anilines is 2. The van der Waals surface area contributed by atoms with E-state index < -0.39 is 6.09 Å². The summed E-state index contributed by atoms with van der Waals surface area (Å²) in [5, 5.41) is 7.04. The lowest BCUT2D eigenvalue weighted by molar-refractivity contribution is 0.170. The largest absolute Gasteiger partial charge is 0.453 e. The summed E-state index contributed by atoms with van der Waals surface area (Å²) in [7, 11) is 1.25. The fraction of sp³-hybridized carbons (Fsp3) is 0.150. The zero-order chi connectivity index (χ0) is 22.0. The number of benzene rings is 1. The number of nitrogens with zero attached hydrogens (tertiary/aromatic N) is 5. The molecule has 0 aliphatic heterocycles. The first-order valence-corrected chi connectivity index (χ1v) is 9.27. The second kappa shape index (κ2) is 8.22. The summed E-state index contributed by atoms with van der Waals surface area (Å²) >= 11 is 0. The molecule has 3 aromatic heterocycles. The number of ether oxygens (including phenoxy) is 1. The number of rotatable bonds is 5. The summed E-state index contributed by atoms with van der Waals surface area (Å²) in [6.45, 7) is 0.201. The summed E-state index contributed by atoms with van der Waals surface area (Å²) in [5.74, 6) is 0.0230.